The van der Waals surface area contributed by atoms with Crippen LogP contribution in [0.1, 0.15) is 9.75 Å². The summed E-state index contributed by atoms with van der Waals surface area (Å²) in [7, 11) is 0. The summed E-state index contributed by atoms with van der Waals surface area (Å²) in [4.78, 5) is 19.0. The monoisotopic (exact) mass is 318 g/mol. The highest BCUT2D eigenvalue weighted by Gasteiger charge is 2.20. The van der Waals surface area contributed by atoms with E-state index < -0.39 is 21.5 Å². The smallest absolute Gasteiger partial charge is 0.258 e. The van der Waals surface area contributed by atoms with E-state index >= 15 is 0 Å². The predicted octanol–water partition coefficient (Wildman–Crippen LogP) is 4.39. The molecule has 2 heterocycles. The van der Waals surface area contributed by atoms with Crippen LogP contribution in [0.4, 0.5) is 18.8 Å². The summed E-state index contributed by atoms with van der Waals surface area (Å²) in [5.74, 6) is -2.56. The van der Waals surface area contributed by atoms with Gasteiger partial charge in [0.25, 0.3) is 0 Å². The van der Waals surface area contributed by atoms with Crippen molar-refractivity contribution in [2.75, 3.05) is 0 Å². The van der Waals surface area contributed by atoms with Gasteiger partial charge in [-0.05, 0) is 12.1 Å². The fraction of sp³-hybridized carbons (Fsp3) is 0. The van der Waals surface area contributed by atoms with Gasteiger partial charge in [0.05, 0.1) is 19.6 Å². The second-order valence-electron chi connectivity index (χ2n) is 3.42. The van der Waals surface area contributed by atoms with E-state index in [1.54, 1.807) is 0 Å². The molecule has 0 N–H and O–H groups in total. The van der Waals surface area contributed by atoms with Crippen molar-refractivity contribution in [2.45, 2.75) is 0 Å². The SMILES string of the molecule is O=[N+]([O-])c1ccc(/C(F)=C(\F)c2ccc([N+](=O)[O-])s2)s1. The lowest BCUT2D eigenvalue weighted by Crippen LogP contribution is -1.81. The fourth-order valence-electron chi connectivity index (χ4n) is 1.30. The minimum Gasteiger partial charge on any atom is -0.258 e. The number of thiophene rings is 2. The molecule has 0 saturated carbocycles. The molecule has 10 heteroatoms. The molecular weight excluding hydrogens is 314 g/mol. The van der Waals surface area contributed by atoms with Gasteiger partial charge in [-0.2, -0.15) is 0 Å². The van der Waals surface area contributed by atoms with Crippen molar-refractivity contribution in [3.8, 4) is 0 Å². The highest BCUT2D eigenvalue weighted by molar-refractivity contribution is 7.17. The fourth-order valence-corrected chi connectivity index (χ4v) is 2.81. The van der Waals surface area contributed by atoms with E-state index in [0.717, 1.165) is 24.3 Å². The molecular formula is C10H4F2N2O4S2. The van der Waals surface area contributed by atoms with Gasteiger partial charge in [0.2, 0.25) is 0 Å². The van der Waals surface area contributed by atoms with Crippen molar-refractivity contribution in [1.82, 2.24) is 0 Å². The molecule has 0 fully saturated rings. The van der Waals surface area contributed by atoms with Crippen LogP contribution in [0.25, 0.3) is 11.7 Å². The first kappa shape index (κ1) is 14.2. The molecule has 2 aromatic rings. The van der Waals surface area contributed by atoms with Gasteiger partial charge in [-0.25, -0.2) is 8.78 Å². The Morgan fingerprint density at radius 1 is 0.850 bits per heavy atom. The molecule has 2 aromatic heterocycles. The topological polar surface area (TPSA) is 86.3 Å². The van der Waals surface area contributed by atoms with Crippen LogP contribution < -0.4 is 0 Å². The quantitative estimate of drug-likeness (QED) is 0.618. The van der Waals surface area contributed by atoms with Crippen molar-refractivity contribution in [2.24, 2.45) is 0 Å². The standard InChI is InChI=1S/C10H4F2N2O4S2/c11-9(5-1-3-7(19-5)13(15)16)10(12)6-2-4-8(20-6)14(17)18/h1-4H/b10-9+. The molecule has 0 aliphatic carbocycles. The Bertz CT molecular complexity index is 662. The third-order valence-electron chi connectivity index (χ3n) is 2.17. The van der Waals surface area contributed by atoms with Gasteiger partial charge in [-0.15, -0.1) is 0 Å². The predicted molar refractivity (Wildman–Crippen MR) is 71.0 cm³/mol. The van der Waals surface area contributed by atoms with E-state index in [4.69, 9.17) is 0 Å². The molecule has 20 heavy (non-hydrogen) atoms. The van der Waals surface area contributed by atoms with Gasteiger partial charge in [0.15, 0.2) is 11.7 Å². The Hall–Kier alpha value is -2.20. The number of nitrogens with zero attached hydrogens (tertiary/aromatic N) is 2. The highest BCUT2D eigenvalue weighted by Crippen LogP contribution is 2.38. The summed E-state index contributed by atoms with van der Waals surface area (Å²) in [6.45, 7) is 0. The summed E-state index contributed by atoms with van der Waals surface area (Å²) in [5.41, 5.74) is 0. The zero-order valence-corrected chi connectivity index (χ0v) is 11.0. The molecule has 0 saturated heterocycles. The molecule has 0 unspecified atom stereocenters. The van der Waals surface area contributed by atoms with Gasteiger partial charge in [-0.3, -0.25) is 20.2 Å². The summed E-state index contributed by atoms with van der Waals surface area (Å²) in [6.07, 6.45) is 0. The summed E-state index contributed by atoms with van der Waals surface area (Å²) in [5, 5.41) is 20.3. The van der Waals surface area contributed by atoms with Crippen LogP contribution in [0.5, 0.6) is 0 Å². The summed E-state index contributed by atoms with van der Waals surface area (Å²) < 4.78 is 27.7. The largest absolute Gasteiger partial charge is 0.324 e. The number of hydrogen-bond donors (Lipinski definition) is 0. The average molecular weight is 318 g/mol. The molecule has 0 aliphatic heterocycles. The molecule has 0 atom stereocenters. The molecule has 6 nitrogen and oxygen atoms in total. The highest BCUT2D eigenvalue weighted by atomic mass is 32.1. The molecule has 2 rings (SSSR count). The Morgan fingerprint density at radius 2 is 1.20 bits per heavy atom. The van der Waals surface area contributed by atoms with Crippen LogP contribution in [0.15, 0.2) is 24.3 Å². The van der Waals surface area contributed by atoms with E-state index in [2.05, 4.69) is 0 Å². The van der Waals surface area contributed by atoms with Crippen LogP contribution in [-0.4, -0.2) is 9.85 Å². The number of nitro groups is 2. The Kier molecular flexibility index (Phi) is 3.86. The molecule has 0 aromatic carbocycles. The Balaban J connectivity index is 2.38. The van der Waals surface area contributed by atoms with Gasteiger partial charge >= 0.3 is 10.0 Å². The van der Waals surface area contributed by atoms with Crippen molar-refractivity contribution < 1.29 is 18.6 Å². The molecule has 0 amide bonds. The van der Waals surface area contributed by atoms with E-state index in [1.807, 2.05) is 0 Å². The van der Waals surface area contributed by atoms with Gasteiger partial charge in [0, 0.05) is 12.1 Å². The molecule has 104 valence electrons. The first-order valence-corrected chi connectivity index (χ1v) is 6.58. The first-order chi connectivity index (χ1) is 9.40. The van der Waals surface area contributed by atoms with Gasteiger partial charge in [0.1, 0.15) is 0 Å². The molecule has 0 aliphatic rings. The van der Waals surface area contributed by atoms with Crippen LogP contribution >= 0.6 is 22.7 Å². The van der Waals surface area contributed by atoms with Crippen molar-refractivity contribution in [3.05, 3.63) is 54.2 Å². The first-order valence-electron chi connectivity index (χ1n) is 4.94. The summed E-state index contributed by atoms with van der Waals surface area (Å²) in [6, 6.07) is 4.28. The normalized spacial score (nSPS) is 12.1. The summed E-state index contributed by atoms with van der Waals surface area (Å²) >= 11 is 0.968. The maximum atomic E-state index is 13.8. The van der Waals surface area contributed by atoms with Gasteiger partial charge in [-0.1, -0.05) is 22.7 Å². The second kappa shape index (κ2) is 5.43. The lowest BCUT2D eigenvalue weighted by atomic mass is 10.3. The van der Waals surface area contributed by atoms with Crippen LogP contribution in [0.3, 0.4) is 0 Å². The average Bonchev–Trinajstić information content (AvgIpc) is 3.05. The van der Waals surface area contributed by atoms with E-state index in [-0.39, 0.29) is 19.8 Å². The van der Waals surface area contributed by atoms with Crippen molar-refractivity contribution in [3.63, 3.8) is 0 Å². The van der Waals surface area contributed by atoms with Gasteiger partial charge < -0.3 is 0 Å². The third-order valence-corrected chi connectivity index (χ3v) is 4.23. The minimum absolute atomic E-state index is 0.245. The zero-order chi connectivity index (χ0) is 14.9. The lowest BCUT2D eigenvalue weighted by molar-refractivity contribution is -0.380. The minimum atomic E-state index is -1.28. The molecule has 0 radical (unpaired) electrons. The zero-order valence-electron chi connectivity index (χ0n) is 9.41. The van der Waals surface area contributed by atoms with E-state index in [9.17, 15) is 29.0 Å². The Morgan fingerprint density at radius 3 is 1.45 bits per heavy atom. The van der Waals surface area contributed by atoms with Crippen LogP contribution in [0.2, 0.25) is 0 Å². The third kappa shape index (κ3) is 2.70. The van der Waals surface area contributed by atoms with Crippen LogP contribution in [0, 0.1) is 20.2 Å². The number of hydrogen-bond acceptors (Lipinski definition) is 6. The number of halogens is 2. The maximum absolute atomic E-state index is 13.8. The molecule has 0 bridgehead atoms. The maximum Gasteiger partial charge on any atom is 0.324 e. The Labute approximate surface area is 117 Å². The van der Waals surface area contributed by atoms with Crippen LogP contribution in [-0.2, 0) is 0 Å². The van der Waals surface area contributed by atoms with E-state index in [0.29, 0.717) is 22.7 Å². The van der Waals surface area contributed by atoms with Crippen molar-refractivity contribution >= 4 is 44.3 Å². The van der Waals surface area contributed by atoms with Crippen molar-refractivity contribution in [1.29, 1.82) is 0 Å². The second-order valence-corrected chi connectivity index (χ2v) is 5.54. The number of rotatable bonds is 4. The van der Waals surface area contributed by atoms with E-state index in [1.165, 1.54) is 0 Å². The lowest BCUT2D eigenvalue weighted by Gasteiger charge is -1.94. The molecule has 0 spiro atoms.